The number of nitrogens with one attached hydrogen (secondary N) is 1. The van der Waals surface area contributed by atoms with Crippen molar-refractivity contribution in [3.63, 3.8) is 0 Å². The monoisotopic (exact) mass is 380 g/mol. The zero-order valence-corrected chi connectivity index (χ0v) is 14.1. The fourth-order valence-corrected chi connectivity index (χ4v) is 2.68. The van der Waals surface area contributed by atoms with E-state index < -0.39 is 36.0 Å². The number of rotatable bonds is 7. The van der Waals surface area contributed by atoms with Gasteiger partial charge in [-0.2, -0.15) is 0 Å². The van der Waals surface area contributed by atoms with E-state index in [9.17, 15) is 23.2 Å². The smallest absolute Gasteiger partial charge is 0.339 e. The van der Waals surface area contributed by atoms with Crippen molar-refractivity contribution in [1.29, 1.82) is 0 Å². The molecule has 0 atom stereocenters. The topological polar surface area (TPSA) is 98.5 Å². The van der Waals surface area contributed by atoms with Crippen LogP contribution in [0.5, 0.6) is 0 Å². The summed E-state index contributed by atoms with van der Waals surface area (Å²) in [5.74, 6) is -3.74. The maximum atomic E-state index is 13.5. The van der Waals surface area contributed by atoms with Gasteiger partial charge in [-0.05, 0) is 24.3 Å². The molecule has 9 heteroatoms. The summed E-state index contributed by atoms with van der Waals surface area (Å²) >= 11 is 1.06. The van der Waals surface area contributed by atoms with Gasteiger partial charge in [0, 0.05) is 11.0 Å². The Balaban J connectivity index is 1.97. The van der Waals surface area contributed by atoms with Crippen molar-refractivity contribution in [2.45, 2.75) is 4.90 Å². The molecule has 2 rings (SSSR count). The molecular weight excluding hydrogens is 366 g/mol. The maximum Gasteiger partial charge on any atom is 0.339 e. The van der Waals surface area contributed by atoms with Gasteiger partial charge in [0.1, 0.15) is 11.6 Å². The molecule has 0 radical (unpaired) electrons. The lowest BCUT2D eigenvalue weighted by atomic mass is 10.2. The number of thioether (sulfide) groups is 1. The molecule has 0 bridgehead atoms. The third-order valence-electron chi connectivity index (χ3n) is 3.01. The SMILES string of the molecule is NC(=O)CSc1ccccc1C(=O)OCC(=O)Nc1cc(F)ccc1F. The van der Waals surface area contributed by atoms with Crippen LogP contribution < -0.4 is 11.1 Å². The van der Waals surface area contributed by atoms with Crippen LogP contribution in [0.4, 0.5) is 14.5 Å². The standard InChI is InChI=1S/C17H14F2N2O4S/c18-10-5-6-12(19)13(7-10)21-16(23)8-25-17(24)11-3-1-2-4-14(11)26-9-15(20)22/h1-7H,8-9H2,(H2,20,22)(H,21,23). The Morgan fingerprint density at radius 1 is 1.12 bits per heavy atom. The second-order valence-electron chi connectivity index (χ2n) is 5.00. The zero-order valence-electron chi connectivity index (χ0n) is 13.3. The first-order valence-electron chi connectivity index (χ1n) is 7.29. The van der Waals surface area contributed by atoms with E-state index in [2.05, 4.69) is 5.32 Å². The van der Waals surface area contributed by atoms with Gasteiger partial charge < -0.3 is 15.8 Å². The Hall–Kier alpha value is -2.94. The lowest BCUT2D eigenvalue weighted by Crippen LogP contribution is -2.22. The molecule has 0 unspecified atom stereocenters. The van der Waals surface area contributed by atoms with E-state index in [4.69, 9.17) is 10.5 Å². The number of hydrogen-bond acceptors (Lipinski definition) is 5. The summed E-state index contributed by atoms with van der Waals surface area (Å²) < 4.78 is 31.4. The van der Waals surface area contributed by atoms with Crippen LogP contribution in [-0.2, 0) is 14.3 Å². The summed E-state index contributed by atoms with van der Waals surface area (Å²) in [7, 11) is 0. The Bertz CT molecular complexity index is 845. The third kappa shape index (κ3) is 5.55. The summed E-state index contributed by atoms with van der Waals surface area (Å²) in [6.45, 7) is -0.691. The second-order valence-corrected chi connectivity index (χ2v) is 6.02. The van der Waals surface area contributed by atoms with Crippen LogP contribution >= 0.6 is 11.8 Å². The Kier molecular flexibility index (Phi) is 6.67. The Morgan fingerprint density at radius 2 is 1.85 bits per heavy atom. The van der Waals surface area contributed by atoms with Crippen LogP contribution in [0, 0.1) is 11.6 Å². The molecule has 0 spiro atoms. The molecule has 2 aromatic rings. The van der Waals surface area contributed by atoms with E-state index in [0.29, 0.717) is 4.90 Å². The average Bonchev–Trinajstić information content (AvgIpc) is 2.61. The van der Waals surface area contributed by atoms with Crippen LogP contribution in [-0.4, -0.2) is 30.1 Å². The van der Waals surface area contributed by atoms with E-state index in [0.717, 1.165) is 30.0 Å². The summed E-state index contributed by atoms with van der Waals surface area (Å²) in [5.41, 5.74) is 4.87. The summed E-state index contributed by atoms with van der Waals surface area (Å²) in [6, 6.07) is 8.91. The maximum absolute atomic E-state index is 13.5. The highest BCUT2D eigenvalue weighted by molar-refractivity contribution is 8.00. The molecule has 0 aromatic heterocycles. The highest BCUT2D eigenvalue weighted by Gasteiger charge is 2.16. The van der Waals surface area contributed by atoms with Crippen LogP contribution in [0.3, 0.4) is 0 Å². The minimum absolute atomic E-state index is 0.0242. The van der Waals surface area contributed by atoms with Gasteiger partial charge in [0.05, 0.1) is 17.0 Å². The number of esters is 1. The molecule has 0 heterocycles. The molecule has 0 aliphatic carbocycles. The summed E-state index contributed by atoms with van der Waals surface area (Å²) in [6.07, 6.45) is 0. The Morgan fingerprint density at radius 3 is 2.58 bits per heavy atom. The lowest BCUT2D eigenvalue weighted by Gasteiger charge is -2.09. The molecule has 26 heavy (non-hydrogen) atoms. The van der Waals surface area contributed by atoms with Crippen LogP contribution in [0.25, 0.3) is 0 Å². The predicted octanol–water partition coefficient (Wildman–Crippen LogP) is 2.34. The highest BCUT2D eigenvalue weighted by Crippen LogP contribution is 2.23. The zero-order chi connectivity index (χ0) is 19.1. The number of carbonyl (C=O) groups is 3. The molecule has 0 saturated carbocycles. The fourth-order valence-electron chi connectivity index (χ4n) is 1.90. The van der Waals surface area contributed by atoms with Gasteiger partial charge in [0.2, 0.25) is 5.91 Å². The van der Waals surface area contributed by atoms with Crippen molar-refractivity contribution >= 4 is 35.2 Å². The number of hydrogen-bond donors (Lipinski definition) is 2. The molecular formula is C17H14F2N2O4S. The third-order valence-corrected chi connectivity index (χ3v) is 4.11. The number of ether oxygens (including phenoxy) is 1. The van der Waals surface area contributed by atoms with Crippen molar-refractivity contribution in [3.8, 4) is 0 Å². The van der Waals surface area contributed by atoms with E-state index in [1.807, 2.05) is 0 Å². The molecule has 0 aliphatic rings. The number of primary amides is 1. The number of carbonyl (C=O) groups excluding carboxylic acids is 3. The molecule has 2 aromatic carbocycles. The quantitative estimate of drug-likeness (QED) is 0.567. The van der Waals surface area contributed by atoms with Crippen molar-refractivity contribution in [1.82, 2.24) is 0 Å². The molecule has 0 aliphatic heterocycles. The minimum atomic E-state index is -0.829. The van der Waals surface area contributed by atoms with Gasteiger partial charge in [-0.1, -0.05) is 12.1 Å². The predicted molar refractivity (Wildman–Crippen MR) is 91.6 cm³/mol. The molecule has 0 saturated heterocycles. The van der Waals surface area contributed by atoms with Crippen molar-refractivity contribution in [2.75, 3.05) is 17.7 Å². The first kappa shape index (κ1) is 19.4. The highest BCUT2D eigenvalue weighted by atomic mass is 32.2. The van der Waals surface area contributed by atoms with Crippen molar-refractivity contribution in [3.05, 3.63) is 59.7 Å². The number of benzene rings is 2. The second kappa shape index (κ2) is 8.95. The number of anilines is 1. The van der Waals surface area contributed by atoms with E-state index in [1.165, 1.54) is 6.07 Å². The lowest BCUT2D eigenvalue weighted by molar-refractivity contribution is -0.119. The van der Waals surface area contributed by atoms with E-state index >= 15 is 0 Å². The Labute approximate surface area is 151 Å². The van der Waals surface area contributed by atoms with Gasteiger partial charge in [-0.15, -0.1) is 11.8 Å². The molecule has 0 fully saturated rings. The van der Waals surface area contributed by atoms with Gasteiger partial charge in [0.25, 0.3) is 5.91 Å². The van der Waals surface area contributed by atoms with Crippen LogP contribution in [0.15, 0.2) is 47.4 Å². The summed E-state index contributed by atoms with van der Waals surface area (Å²) in [5, 5.41) is 2.12. The number of nitrogens with two attached hydrogens (primary N) is 1. The first-order chi connectivity index (χ1) is 12.4. The molecule has 2 amide bonds. The van der Waals surface area contributed by atoms with Gasteiger partial charge in [-0.3, -0.25) is 9.59 Å². The van der Waals surface area contributed by atoms with Crippen molar-refractivity contribution < 1.29 is 27.9 Å². The van der Waals surface area contributed by atoms with E-state index in [-0.39, 0.29) is 17.0 Å². The fraction of sp³-hybridized carbons (Fsp3) is 0.118. The minimum Gasteiger partial charge on any atom is -0.452 e. The molecule has 6 nitrogen and oxygen atoms in total. The van der Waals surface area contributed by atoms with E-state index in [1.54, 1.807) is 18.2 Å². The first-order valence-corrected chi connectivity index (χ1v) is 8.27. The summed E-state index contributed by atoms with van der Waals surface area (Å²) in [4.78, 5) is 35.2. The van der Waals surface area contributed by atoms with Crippen LogP contribution in [0.2, 0.25) is 0 Å². The van der Waals surface area contributed by atoms with Crippen LogP contribution in [0.1, 0.15) is 10.4 Å². The molecule has 136 valence electrons. The number of amides is 2. The van der Waals surface area contributed by atoms with Gasteiger partial charge >= 0.3 is 5.97 Å². The average molecular weight is 380 g/mol. The van der Waals surface area contributed by atoms with Gasteiger partial charge in [-0.25, -0.2) is 13.6 Å². The normalized spacial score (nSPS) is 10.2. The van der Waals surface area contributed by atoms with Crippen molar-refractivity contribution in [2.24, 2.45) is 5.73 Å². The molecule has 3 N–H and O–H groups in total. The largest absolute Gasteiger partial charge is 0.452 e. The van der Waals surface area contributed by atoms with Gasteiger partial charge in [0.15, 0.2) is 6.61 Å². The number of halogens is 2.